The number of methoxy groups -OCH3 is 1. The molecule has 0 atom stereocenters. The minimum absolute atomic E-state index is 0.263. The first-order valence-electron chi connectivity index (χ1n) is 5.71. The number of nitrogens with zero attached hydrogens (tertiary/aromatic N) is 1. The number of nitrogens with two attached hydrogens (primary N) is 1. The maximum Gasteiger partial charge on any atom is 0.257 e. The first-order chi connectivity index (χ1) is 9.62. The topological polar surface area (TPSA) is 89.3 Å². The van der Waals surface area contributed by atoms with E-state index in [4.69, 9.17) is 10.6 Å². The Kier molecular flexibility index (Phi) is 4.54. The average Bonchev–Trinajstić information content (AvgIpc) is 2.46. The number of rotatable bonds is 4. The van der Waals surface area contributed by atoms with Gasteiger partial charge < -0.3 is 15.5 Å². The second-order valence-corrected chi connectivity index (χ2v) is 4.83. The summed E-state index contributed by atoms with van der Waals surface area (Å²) in [5.74, 6) is 6.09. The standard InChI is InChI=1S/C13H13BrN4O2/c1-20-11-5-9(14)4-10(6-11)17-13(19)8-2-3-12(18-15)16-7-8/h2-7H,15H2,1H3,(H,16,18)(H,17,19). The predicted octanol–water partition coefficient (Wildman–Crippen LogP) is 2.39. The molecule has 0 radical (unpaired) electrons. The van der Waals surface area contributed by atoms with Crippen molar-refractivity contribution in [2.24, 2.45) is 5.84 Å². The van der Waals surface area contributed by atoms with Gasteiger partial charge in [-0.15, -0.1) is 0 Å². The van der Waals surface area contributed by atoms with Crippen molar-refractivity contribution in [2.45, 2.75) is 0 Å². The number of benzene rings is 1. The Morgan fingerprint density at radius 2 is 2.15 bits per heavy atom. The summed E-state index contributed by atoms with van der Waals surface area (Å²) in [5, 5.41) is 2.77. The number of hydrogen-bond donors (Lipinski definition) is 3. The van der Waals surface area contributed by atoms with E-state index < -0.39 is 0 Å². The number of halogens is 1. The number of hydrazine groups is 1. The van der Waals surface area contributed by atoms with Gasteiger partial charge in [0, 0.05) is 22.4 Å². The number of hydrogen-bond acceptors (Lipinski definition) is 5. The highest BCUT2D eigenvalue weighted by Gasteiger charge is 2.08. The monoisotopic (exact) mass is 336 g/mol. The van der Waals surface area contributed by atoms with Crippen LogP contribution in [0.5, 0.6) is 5.75 Å². The van der Waals surface area contributed by atoms with Gasteiger partial charge in [0.1, 0.15) is 11.6 Å². The van der Waals surface area contributed by atoms with Crippen molar-refractivity contribution >= 4 is 33.3 Å². The lowest BCUT2D eigenvalue weighted by molar-refractivity contribution is 0.102. The zero-order valence-corrected chi connectivity index (χ0v) is 12.3. The van der Waals surface area contributed by atoms with E-state index in [1.54, 1.807) is 37.4 Å². The molecule has 0 unspecified atom stereocenters. The van der Waals surface area contributed by atoms with Crippen LogP contribution in [0, 0.1) is 0 Å². The van der Waals surface area contributed by atoms with Crippen molar-refractivity contribution in [3.8, 4) is 5.75 Å². The van der Waals surface area contributed by atoms with Gasteiger partial charge in [-0.2, -0.15) is 0 Å². The van der Waals surface area contributed by atoms with Gasteiger partial charge in [-0.3, -0.25) is 4.79 Å². The highest BCUT2D eigenvalue weighted by Crippen LogP contribution is 2.24. The SMILES string of the molecule is COc1cc(Br)cc(NC(=O)c2ccc(NN)nc2)c1. The second-order valence-electron chi connectivity index (χ2n) is 3.91. The van der Waals surface area contributed by atoms with E-state index in [1.807, 2.05) is 0 Å². The zero-order valence-electron chi connectivity index (χ0n) is 10.7. The Bertz CT molecular complexity index is 616. The first kappa shape index (κ1) is 14.3. The third kappa shape index (κ3) is 3.46. The largest absolute Gasteiger partial charge is 0.497 e. The minimum Gasteiger partial charge on any atom is -0.497 e. The fraction of sp³-hybridized carbons (Fsp3) is 0.0769. The number of ether oxygens (including phenoxy) is 1. The molecule has 0 aliphatic carbocycles. The Morgan fingerprint density at radius 3 is 2.75 bits per heavy atom. The van der Waals surface area contributed by atoms with Crippen LogP contribution in [0.25, 0.3) is 0 Å². The summed E-state index contributed by atoms with van der Waals surface area (Å²) in [7, 11) is 1.57. The van der Waals surface area contributed by atoms with E-state index in [9.17, 15) is 4.79 Å². The molecule has 104 valence electrons. The maximum atomic E-state index is 12.1. The normalized spacial score (nSPS) is 9.95. The fourth-order valence-electron chi connectivity index (χ4n) is 1.57. The summed E-state index contributed by atoms with van der Waals surface area (Å²) in [6.45, 7) is 0. The van der Waals surface area contributed by atoms with Crippen molar-refractivity contribution in [2.75, 3.05) is 17.9 Å². The average molecular weight is 337 g/mol. The molecule has 2 aromatic rings. The molecule has 0 bridgehead atoms. The van der Waals surface area contributed by atoms with Crippen LogP contribution in [0.2, 0.25) is 0 Å². The van der Waals surface area contributed by atoms with Crippen molar-refractivity contribution in [3.05, 3.63) is 46.6 Å². The van der Waals surface area contributed by atoms with Gasteiger partial charge in [-0.1, -0.05) is 15.9 Å². The molecule has 20 heavy (non-hydrogen) atoms. The Morgan fingerprint density at radius 1 is 1.35 bits per heavy atom. The quantitative estimate of drug-likeness (QED) is 0.589. The number of nitrogens with one attached hydrogen (secondary N) is 2. The van der Waals surface area contributed by atoms with E-state index in [2.05, 4.69) is 31.7 Å². The Labute approximate surface area is 124 Å². The maximum absolute atomic E-state index is 12.1. The highest BCUT2D eigenvalue weighted by atomic mass is 79.9. The number of carbonyl (C=O) groups excluding carboxylic acids is 1. The lowest BCUT2D eigenvalue weighted by Gasteiger charge is -2.08. The third-order valence-electron chi connectivity index (χ3n) is 2.54. The summed E-state index contributed by atoms with van der Waals surface area (Å²) in [4.78, 5) is 16.0. The summed E-state index contributed by atoms with van der Waals surface area (Å²) in [6, 6.07) is 8.57. The molecule has 7 heteroatoms. The van der Waals surface area contributed by atoms with Crippen molar-refractivity contribution < 1.29 is 9.53 Å². The number of carbonyl (C=O) groups is 1. The predicted molar refractivity (Wildman–Crippen MR) is 80.7 cm³/mol. The van der Waals surface area contributed by atoms with E-state index in [-0.39, 0.29) is 5.91 Å². The van der Waals surface area contributed by atoms with Crippen LogP contribution in [0.15, 0.2) is 41.0 Å². The molecule has 2 rings (SSSR count). The molecule has 6 nitrogen and oxygen atoms in total. The van der Waals surface area contributed by atoms with Gasteiger partial charge in [-0.25, -0.2) is 10.8 Å². The molecule has 0 aliphatic rings. The number of pyridine rings is 1. The molecule has 0 aliphatic heterocycles. The molecule has 4 N–H and O–H groups in total. The third-order valence-corrected chi connectivity index (χ3v) is 3.00. The van der Waals surface area contributed by atoms with Gasteiger partial charge >= 0.3 is 0 Å². The van der Waals surface area contributed by atoms with Crippen LogP contribution in [0.3, 0.4) is 0 Å². The molecule has 1 aromatic heterocycles. The van der Waals surface area contributed by atoms with Crippen molar-refractivity contribution in [1.82, 2.24) is 4.98 Å². The van der Waals surface area contributed by atoms with Crippen molar-refractivity contribution in [1.29, 1.82) is 0 Å². The number of nitrogen functional groups attached to an aromatic ring is 1. The van der Waals surface area contributed by atoms with Gasteiger partial charge in [0.15, 0.2) is 0 Å². The second kappa shape index (κ2) is 6.36. The Hall–Kier alpha value is -2.12. The number of aromatic nitrogens is 1. The molecule has 0 saturated carbocycles. The van der Waals surface area contributed by atoms with Crippen LogP contribution in [-0.4, -0.2) is 18.0 Å². The van der Waals surface area contributed by atoms with Crippen LogP contribution in [-0.2, 0) is 0 Å². The van der Waals surface area contributed by atoms with Crippen LogP contribution in [0.1, 0.15) is 10.4 Å². The van der Waals surface area contributed by atoms with Gasteiger partial charge in [0.2, 0.25) is 0 Å². The van der Waals surface area contributed by atoms with E-state index in [1.165, 1.54) is 6.20 Å². The molecular weight excluding hydrogens is 324 g/mol. The molecular formula is C13H13BrN4O2. The summed E-state index contributed by atoms with van der Waals surface area (Å²) in [6.07, 6.45) is 1.44. The molecule has 1 heterocycles. The smallest absolute Gasteiger partial charge is 0.257 e. The van der Waals surface area contributed by atoms with E-state index in [0.717, 1.165) is 4.47 Å². The van der Waals surface area contributed by atoms with E-state index in [0.29, 0.717) is 22.8 Å². The first-order valence-corrected chi connectivity index (χ1v) is 6.50. The van der Waals surface area contributed by atoms with Crippen LogP contribution in [0.4, 0.5) is 11.5 Å². The summed E-state index contributed by atoms with van der Waals surface area (Å²) >= 11 is 3.35. The zero-order chi connectivity index (χ0) is 14.5. The molecule has 1 aromatic carbocycles. The van der Waals surface area contributed by atoms with Gasteiger partial charge in [0.05, 0.1) is 12.7 Å². The van der Waals surface area contributed by atoms with E-state index >= 15 is 0 Å². The van der Waals surface area contributed by atoms with Crippen LogP contribution < -0.4 is 21.3 Å². The molecule has 0 fully saturated rings. The van der Waals surface area contributed by atoms with Gasteiger partial charge in [-0.05, 0) is 24.3 Å². The molecule has 1 amide bonds. The lowest BCUT2D eigenvalue weighted by Crippen LogP contribution is -2.13. The van der Waals surface area contributed by atoms with Crippen LogP contribution >= 0.6 is 15.9 Å². The minimum atomic E-state index is -0.263. The highest BCUT2D eigenvalue weighted by molar-refractivity contribution is 9.10. The number of amides is 1. The number of anilines is 2. The molecule has 0 saturated heterocycles. The summed E-state index contributed by atoms with van der Waals surface area (Å²) < 4.78 is 5.95. The fourth-order valence-corrected chi connectivity index (χ4v) is 2.04. The molecule has 0 spiro atoms. The Balaban J connectivity index is 2.16. The summed E-state index contributed by atoms with van der Waals surface area (Å²) in [5.41, 5.74) is 3.46. The lowest BCUT2D eigenvalue weighted by atomic mass is 10.2. The van der Waals surface area contributed by atoms with Crippen molar-refractivity contribution in [3.63, 3.8) is 0 Å². The van der Waals surface area contributed by atoms with Gasteiger partial charge in [0.25, 0.3) is 5.91 Å².